The zero-order valence-corrected chi connectivity index (χ0v) is 13.3. The number of nitrogens with one attached hydrogen (secondary N) is 1. The third-order valence-electron chi connectivity index (χ3n) is 3.67. The molecule has 1 aromatic carbocycles. The molecule has 1 atom stereocenters. The van der Waals surface area contributed by atoms with Gasteiger partial charge in [-0.25, -0.2) is 0 Å². The van der Waals surface area contributed by atoms with Gasteiger partial charge in [-0.1, -0.05) is 38.1 Å². The minimum absolute atomic E-state index is 0.227. The van der Waals surface area contributed by atoms with Crippen LogP contribution in [0.3, 0.4) is 0 Å². The summed E-state index contributed by atoms with van der Waals surface area (Å²) in [5.74, 6) is 0. The predicted octanol–water partition coefficient (Wildman–Crippen LogP) is 3.63. The summed E-state index contributed by atoms with van der Waals surface area (Å²) in [6.45, 7) is 7.32. The van der Waals surface area contributed by atoms with E-state index in [-0.39, 0.29) is 6.04 Å². The standard InChI is InChI=1S/C18H25N3/c1-4-10-19-17(18-13-20-14(3)12-21-18)11-16-8-6-15(5-2)7-9-16/h6-9,12-13,17,19H,4-5,10-11H2,1-3H3. The molecule has 1 N–H and O–H groups in total. The van der Waals surface area contributed by atoms with Crippen molar-refractivity contribution >= 4 is 0 Å². The highest BCUT2D eigenvalue weighted by molar-refractivity contribution is 5.24. The minimum Gasteiger partial charge on any atom is -0.308 e. The molecule has 112 valence electrons. The summed E-state index contributed by atoms with van der Waals surface area (Å²) < 4.78 is 0. The molecule has 3 heteroatoms. The molecule has 1 heterocycles. The normalized spacial score (nSPS) is 12.3. The van der Waals surface area contributed by atoms with Gasteiger partial charge >= 0.3 is 0 Å². The molecule has 1 unspecified atom stereocenters. The van der Waals surface area contributed by atoms with Crippen LogP contribution in [-0.4, -0.2) is 16.5 Å². The fourth-order valence-electron chi connectivity index (χ4n) is 2.33. The van der Waals surface area contributed by atoms with E-state index in [2.05, 4.69) is 53.4 Å². The van der Waals surface area contributed by atoms with Gasteiger partial charge in [0.25, 0.3) is 0 Å². The van der Waals surface area contributed by atoms with E-state index in [0.29, 0.717) is 0 Å². The molecule has 0 saturated carbocycles. The zero-order chi connectivity index (χ0) is 15.1. The molecule has 0 fully saturated rings. The minimum atomic E-state index is 0.227. The van der Waals surface area contributed by atoms with Crippen molar-refractivity contribution in [2.24, 2.45) is 0 Å². The molecule has 0 aliphatic carbocycles. The van der Waals surface area contributed by atoms with Gasteiger partial charge in [0.15, 0.2) is 0 Å². The first-order valence-corrected chi connectivity index (χ1v) is 7.82. The maximum atomic E-state index is 4.54. The molecule has 2 aromatic rings. The number of hydrogen-bond donors (Lipinski definition) is 1. The molecule has 0 saturated heterocycles. The Labute approximate surface area is 127 Å². The second-order valence-electron chi connectivity index (χ2n) is 5.46. The molecule has 2 rings (SSSR count). The zero-order valence-electron chi connectivity index (χ0n) is 13.3. The first kappa shape index (κ1) is 15.6. The Morgan fingerprint density at radius 1 is 1.00 bits per heavy atom. The van der Waals surface area contributed by atoms with Gasteiger partial charge in [-0.3, -0.25) is 9.97 Å². The van der Waals surface area contributed by atoms with E-state index < -0.39 is 0 Å². The third-order valence-corrected chi connectivity index (χ3v) is 3.67. The molecular weight excluding hydrogens is 258 g/mol. The van der Waals surface area contributed by atoms with Crippen LogP contribution in [0.25, 0.3) is 0 Å². The van der Waals surface area contributed by atoms with Crippen molar-refractivity contribution in [3.8, 4) is 0 Å². The van der Waals surface area contributed by atoms with Crippen LogP contribution in [0.4, 0.5) is 0 Å². The van der Waals surface area contributed by atoms with E-state index in [0.717, 1.165) is 37.2 Å². The van der Waals surface area contributed by atoms with Crippen molar-refractivity contribution in [1.29, 1.82) is 0 Å². The summed E-state index contributed by atoms with van der Waals surface area (Å²) in [7, 11) is 0. The fraction of sp³-hybridized carbons (Fsp3) is 0.444. The number of hydrogen-bond acceptors (Lipinski definition) is 3. The molecule has 0 aliphatic heterocycles. The van der Waals surface area contributed by atoms with Gasteiger partial charge in [0, 0.05) is 6.20 Å². The van der Waals surface area contributed by atoms with E-state index in [1.54, 1.807) is 0 Å². The Balaban J connectivity index is 2.13. The Bertz CT molecular complexity index is 531. The highest BCUT2D eigenvalue weighted by atomic mass is 14.9. The second-order valence-corrected chi connectivity index (χ2v) is 5.46. The average molecular weight is 283 g/mol. The fourth-order valence-corrected chi connectivity index (χ4v) is 2.33. The molecule has 0 amide bonds. The van der Waals surface area contributed by atoms with Crippen LogP contribution in [-0.2, 0) is 12.8 Å². The van der Waals surface area contributed by atoms with Gasteiger partial charge in [0.05, 0.1) is 23.6 Å². The number of aryl methyl sites for hydroxylation is 2. The summed E-state index contributed by atoms with van der Waals surface area (Å²) in [5, 5.41) is 3.58. The van der Waals surface area contributed by atoms with Gasteiger partial charge in [-0.2, -0.15) is 0 Å². The van der Waals surface area contributed by atoms with Crippen LogP contribution >= 0.6 is 0 Å². The lowest BCUT2D eigenvalue weighted by molar-refractivity contribution is 0.515. The maximum absolute atomic E-state index is 4.54. The number of nitrogens with zero attached hydrogens (tertiary/aromatic N) is 2. The molecule has 1 aromatic heterocycles. The predicted molar refractivity (Wildman–Crippen MR) is 87.3 cm³/mol. The van der Waals surface area contributed by atoms with E-state index >= 15 is 0 Å². The van der Waals surface area contributed by atoms with Crippen LogP contribution in [0.15, 0.2) is 36.7 Å². The topological polar surface area (TPSA) is 37.8 Å². The van der Waals surface area contributed by atoms with Gasteiger partial charge in [-0.15, -0.1) is 0 Å². The van der Waals surface area contributed by atoms with E-state index in [4.69, 9.17) is 0 Å². The van der Waals surface area contributed by atoms with Crippen molar-refractivity contribution < 1.29 is 0 Å². The Hall–Kier alpha value is -1.74. The molecule has 21 heavy (non-hydrogen) atoms. The monoisotopic (exact) mass is 283 g/mol. The lowest BCUT2D eigenvalue weighted by Gasteiger charge is -2.18. The molecule has 3 nitrogen and oxygen atoms in total. The van der Waals surface area contributed by atoms with E-state index in [1.165, 1.54) is 11.1 Å². The smallest absolute Gasteiger partial charge is 0.0759 e. The van der Waals surface area contributed by atoms with Crippen LogP contribution in [0.1, 0.15) is 48.8 Å². The van der Waals surface area contributed by atoms with Gasteiger partial charge in [0.2, 0.25) is 0 Å². The molecule has 0 bridgehead atoms. The molecule has 0 radical (unpaired) electrons. The van der Waals surface area contributed by atoms with Crippen molar-refractivity contribution in [3.05, 3.63) is 59.2 Å². The van der Waals surface area contributed by atoms with E-state index in [9.17, 15) is 0 Å². The Kier molecular flexibility index (Phi) is 5.88. The van der Waals surface area contributed by atoms with E-state index in [1.807, 2.05) is 19.3 Å². The number of rotatable bonds is 7. The summed E-state index contributed by atoms with van der Waals surface area (Å²) in [6, 6.07) is 9.10. The third kappa shape index (κ3) is 4.64. The summed E-state index contributed by atoms with van der Waals surface area (Å²) in [6.07, 6.45) is 6.88. The second kappa shape index (κ2) is 7.89. The van der Waals surface area contributed by atoms with Crippen LogP contribution in [0.5, 0.6) is 0 Å². The van der Waals surface area contributed by atoms with Crippen LogP contribution in [0.2, 0.25) is 0 Å². The van der Waals surface area contributed by atoms with Crippen LogP contribution < -0.4 is 5.32 Å². The van der Waals surface area contributed by atoms with Crippen LogP contribution in [0, 0.1) is 6.92 Å². The SMILES string of the molecule is CCCNC(Cc1ccc(CC)cc1)c1cnc(C)cn1. The summed E-state index contributed by atoms with van der Waals surface area (Å²) in [4.78, 5) is 8.91. The maximum Gasteiger partial charge on any atom is 0.0759 e. The first-order valence-electron chi connectivity index (χ1n) is 7.82. The highest BCUT2D eigenvalue weighted by Crippen LogP contribution is 2.17. The van der Waals surface area contributed by atoms with Gasteiger partial charge < -0.3 is 5.32 Å². The first-order chi connectivity index (χ1) is 10.2. The lowest BCUT2D eigenvalue weighted by atomic mass is 10.0. The van der Waals surface area contributed by atoms with Crippen molar-refractivity contribution in [2.45, 2.75) is 46.1 Å². The van der Waals surface area contributed by atoms with Crippen molar-refractivity contribution in [2.75, 3.05) is 6.54 Å². The molecule has 0 aliphatic rings. The number of benzene rings is 1. The Morgan fingerprint density at radius 3 is 2.29 bits per heavy atom. The summed E-state index contributed by atoms with van der Waals surface area (Å²) in [5.41, 5.74) is 4.70. The lowest BCUT2D eigenvalue weighted by Crippen LogP contribution is -2.25. The largest absolute Gasteiger partial charge is 0.308 e. The van der Waals surface area contributed by atoms with Crippen molar-refractivity contribution in [1.82, 2.24) is 15.3 Å². The van der Waals surface area contributed by atoms with Gasteiger partial charge in [0.1, 0.15) is 0 Å². The van der Waals surface area contributed by atoms with Crippen molar-refractivity contribution in [3.63, 3.8) is 0 Å². The number of aromatic nitrogens is 2. The molecular formula is C18H25N3. The van der Waals surface area contributed by atoms with Gasteiger partial charge in [-0.05, 0) is 43.9 Å². The highest BCUT2D eigenvalue weighted by Gasteiger charge is 2.13. The molecule has 0 spiro atoms. The summed E-state index contributed by atoms with van der Waals surface area (Å²) >= 11 is 0. The average Bonchev–Trinajstić information content (AvgIpc) is 2.53. The Morgan fingerprint density at radius 2 is 1.71 bits per heavy atom. The quantitative estimate of drug-likeness (QED) is 0.843.